The number of rotatable bonds is 5. The van der Waals surface area contributed by atoms with Crippen molar-refractivity contribution in [3.8, 4) is 0 Å². The van der Waals surface area contributed by atoms with Crippen LogP contribution in [0.4, 0.5) is 24.7 Å². The molecule has 0 bridgehead atoms. The van der Waals surface area contributed by atoms with Crippen molar-refractivity contribution in [1.82, 2.24) is 14.5 Å². The maximum atomic E-state index is 13.2. The van der Waals surface area contributed by atoms with Crippen LogP contribution in [-0.2, 0) is 12.7 Å². The van der Waals surface area contributed by atoms with Crippen molar-refractivity contribution in [1.29, 1.82) is 0 Å². The van der Waals surface area contributed by atoms with Crippen LogP contribution in [0, 0.1) is 0 Å². The van der Waals surface area contributed by atoms with Crippen LogP contribution in [0.3, 0.4) is 0 Å². The predicted molar refractivity (Wildman–Crippen MR) is 121 cm³/mol. The van der Waals surface area contributed by atoms with E-state index in [1.807, 2.05) is 4.90 Å². The average molecular weight is 467 g/mol. The van der Waals surface area contributed by atoms with Crippen molar-refractivity contribution >= 4 is 28.4 Å². The number of alkyl halides is 3. The predicted octanol–water partition coefficient (Wildman–Crippen LogP) is 3.93. The van der Waals surface area contributed by atoms with Crippen LogP contribution in [-0.4, -0.2) is 44.7 Å². The minimum atomic E-state index is -4.46. The van der Waals surface area contributed by atoms with Gasteiger partial charge < -0.3 is 19.9 Å². The number of β-amino-alcohol motifs (C(OH)–C–C–N with tert-alkyl or cyclic N) is 1. The first-order valence-corrected chi connectivity index (χ1v) is 10.6. The number of anilines is 2. The lowest BCUT2D eigenvalue weighted by Gasteiger charge is -2.36. The highest BCUT2D eigenvalue weighted by molar-refractivity contribution is 6.06. The quantitative estimate of drug-likeness (QED) is 0.465. The van der Waals surface area contributed by atoms with Crippen molar-refractivity contribution in [3.05, 3.63) is 83.8 Å². The number of pyridine rings is 2. The molecule has 5 rings (SSSR count). The maximum Gasteiger partial charge on any atom is 0.416 e. The normalized spacial score (nSPS) is 14.3. The fraction of sp³-hybridized carbons (Fsp3) is 0.208. The molecular weight excluding hydrogens is 447 g/mol. The molecule has 174 valence electrons. The van der Waals surface area contributed by atoms with Gasteiger partial charge in [0, 0.05) is 31.2 Å². The second-order valence-corrected chi connectivity index (χ2v) is 8.15. The summed E-state index contributed by atoms with van der Waals surface area (Å²) in [5, 5.41) is 12.9. The summed E-state index contributed by atoms with van der Waals surface area (Å²) < 4.78 is 41.1. The second kappa shape index (κ2) is 8.45. The van der Waals surface area contributed by atoms with Gasteiger partial charge in [-0.15, -0.1) is 0 Å². The molecule has 10 heteroatoms. The highest BCUT2D eigenvalue weighted by Gasteiger charge is 2.30. The fourth-order valence-corrected chi connectivity index (χ4v) is 3.95. The number of hydrogen-bond acceptors (Lipinski definition) is 5. The Morgan fingerprint density at radius 3 is 2.62 bits per heavy atom. The Balaban J connectivity index is 1.42. The first-order valence-electron chi connectivity index (χ1n) is 10.6. The highest BCUT2D eigenvalue weighted by atomic mass is 19.4. The van der Waals surface area contributed by atoms with Gasteiger partial charge in [-0.3, -0.25) is 4.79 Å². The molecule has 3 aromatic heterocycles. The van der Waals surface area contributed by atoms with E-state index >= 15 is 0 Å². The topological polar surface area (TPSA) is 83.3 Å². The molecule has 1 aliphatic rings. The second-order valence-electron chi connectivity index (χ2n) is 8.15. The molecule has 1 fully saturated rings. The largest absolute Gasteiger partial charge is 0.416 e. The van der Waals surface area contributed by atoms with E-state index in [1.54, 1.807) is 47.2 Å². The van der Waals surface area contributed by atoms with E-state index in [9.17, 15) is 23.1 Å². The number of hydrogen-bond donors (Lipinski definition) is 2. The number of nitrogens with one attached hydrogen (secondary N) is 1. The van der Waals surface area contributed by atoms with Crippen molar-refractivity contribution in [3.63, 3.8) is 0 Å². The molecule has 0 saturated carbocycles. The summed E-state index contributed by atoms with van der Waals surface area (Å²) in [6, 6.07) is 13.7. The molecule has 0 spiro atoms. The number of aromatic nitrogens is 3. The summed E-state index contributed by atoms with van der Waals surface area (Å²) in [5.41, 5.74) is 0.880. The van der Waals surface area contributed by atoms with Crippen LogP contribution in [0.5, 0.6) is 0 Å². The first kappa shape index (κ1) is 21.9. The third-order valence-corrected chi connectivity index (χ3v) is 5.68. The van der Waals surface area contributed by atoms with Gasteiger partial charge in [0.25, 0.3) is 5.91 Å². The van der Waals surface area contributed by atoms with Crippen LogP contribution >= 0.6 is 0 Å². The summed E-state index contributed by atoms with van der Waals surface area (Å²) in [6.45, 7) is 1.07. The Hall–Kier alpha value is -3.92. The molecule has 1 amide bonds. The third kappa shape index (κ3) is 4.32. The fourth-order valence-electron chi connectivity index (χ4n) is 3.95. The van der Waals surface area contributed by atoms with E-state index in [4.69, 9.17) is 0 Å². The van der Waals surface area contributed by atoms with Gasteiger partial charge in [0.1, 0.15) is 17.2 Å². The standard InChI is InChI=1S/C24H20F3N5O2/c25-24(26,27)17-5-1-3-15(9-17)12-32-20(10-16-4-2-8-28-22(16)32)23(34)30-18-6-7-21(29-11-18)31-13-19(33)14-31/h1-11,19,33H,12-14H2,(H,30,34). The summed E-state index contributed by atoms with van der Waals surface area (Å²) in [6.07, 6.45) is -1.72. The molecule has 1 aromatic carbocycles. The van der Waals surface area contributed by atoms with Gasteiger partial charge in [-0.1, -0.05) is 12.1 Å². The number of amides is 1. The van der Waals surface area contributed by atoms with E-state index in [1.165, 1.54) is 12.3 Å². The van der Waals surface area contributed by atoms with E-state index in [2.05, 4.69) is 15.3 Å². The number of carbonyl (C=O) groups excluding carboxylic acids is 1. The molecule has 0 radical (unpaired) electrons. The average Bonchev–Trinajstić information content (AvgIpc) is 3.16. The minimum Gasteiger partial charge on any atom is -0.389 e. The third-order valence-electron chi connectivity index (χ3n) is 5.68. The number of benzene rings is 1. The van der Waals surface area contributed by atoms with Gasteiger partial charge in [-0.25, -0.2) is 9.97 Å². The summed E-state index contributed by atoms with van der Waals surface area (Å²) >= 11 is 0. The van der Waals surface area contributed by atoms with Crippen LogP contribution < -0.4 is 10.2 Å². The van der Waals surface area contributed by atoms with Crippen molar-refractivity contribution < 1.29 is 23.1 Å². The molecule has 1 aliphatic heterocycles. The number of halogens is 3. The maximum absolute atomic E-state index is 13.2. The minimum absolute atomic E-state index is 0.0433. The first-order chi connectivity index (χ1) is 16.3. The van der Waals surface area contributed by atoms with Crippen LogP contribution in [0.2, 0.25) is 0 Å². The van der Waals surface area contributed by atoms with Crippen molar-refractivity contribution in [2.75, 3.05) is 23.3 Å². The molecule has 0 unspecified atom stereocenters. The van der Waals surface area contributed by atoms with E-state index in [-0.39, 0.29) is 18.3 Å². The van der Waals surface area contributed by atoms with Gasteiger partial charge in [-0.2, -0.15) is 13.2 Å². The van der Waals surface area contributed by atoms with Gasteiger partial charge in [0.15, 0.2) is 0 Å². The van der Waals surface area contributed by atoms with Gasteiger partial charge in [0.05, 0.1) is 23.6 Å². The molecule has 0 atom stereocenters. The van der Waals surface area contributed by atoms with Crippen molar-refractivity contribution in [2.24, 2.45) is 0 Å². The molecule has 1 saturated heterocycles. The molecule has 0 aliphatic carbocycles. The molecule has 4 aromatic rings. The zero-order valence-corrected chi connectivity index (χ0v) is 17.8. The SMILES string of the molecule is O=C(Nc1ccc(N2CC(O)C2)nc1)c1cc2cccnc2n1Cc1cccc(C(F)(F)F)c1. The zero-order valence-electron chi connectivity index (χ0n) is 17.8. The van der Waals surface area contributed by atoms with Gasteiger partial charge >= 0.3 is 6.18 Å². The van der Waals surface area contributed by atoms with Crippen LogP contribution in [0.1, 0.15) is 21.6 Å². The number of nitrogens with zero attached hydrogens (tertiary/aromatic N) is 4. The molecular formula is C24H20F3N5O2. The number of fused-ring (bicyclic) bond motifs is 1. The Morgan fingerprint density at radius 1 is 1.09 bits per heavy atom. The molecule has 34 heavy (non-hydrogen) atoms. The summed E-state index contributed by atoms with van der Waals surface area (Å²) in [4.78, 5) is 23.7. The van der Waals surface area contributed by atoms with Crippen LogP contribution in [0.15, 0.2) is 67.0 Å². The van der Waals surface area contributed by atoms with Crippen LogP contribution in [0.25, 0.3) is 11.0 Å². The number of carbonyl (C=O) groups is 1. The van der Waals surface area contributed by atoms with Gasteiger partial charge in [-0.05, 0) is 48.0 Å². The molecule has 2 N–H and O–H groups in total. The summed E-state index contributed by atoms with van der Waals surface area (Å²) in [5.74, 6) is 0.269. The lowest BCUT2D eigenvalue weighted by atomic mass is 10.1. The number of aliphatic hydroxyl groups is 1. The Kier molecular flexibility index (Phi) is 5.45. The van der Waals surface area contributed by atoms with Crippen molar-refractivity contribution in [2.45, 2.75) is 18.8 Å². The van der Waals surface area contributed by atoms with E-state index in [0.717, 1.165) is 12.1 Å². The smallest absolute Gasteiger partial charge is 0.389 e. The molecule has 7 nitrogen and oxygen atoms in total. The lowest BCUT2D eigenvalue weighted by Crippen LogP contribution is -2.51. The Morgan fingerprint density at radius 2 is 1.91 bits per heavy atom. The number of aliphatic hydroxyl groups excluding tert-OH is 1. The summed E-state index contributed by atoms with van der Waals surface area (Å²) in [7, 11) is 0. The molecule has 4 heterocycles. The monoisotopic (exact) mass is 467 g/mol. The van der Waals surface area contributed by atoms with Gasteiger partial charge in [0.2, 0.25) is 0 Å². The zero-order chi connectivity index (χ0) is 23.9. The highest BCUT2D eigenvalue weighted by Crippen LogP contribution is 2.30. The lowest BCUT2D eigenvalue weighted by molar-refractivity contribution is -0.137. The van der Waals surface area contributed by atoms with E-state index < -0.39 is 17.6 Å². The van der Waals surface area contributed by atoms with E-state index in [0.29, 0.717) is 41.2 Å². The Bertz CT molecular complexity index is 1340. The Labute approximate surface area is 192 Å².